The third-order valence-corrected chi connectivity index (χ3v) is 2.53. The third-order valence-electron chi connectivity index (χ3n) is 2.53. The van der Waals surface area contributed by atoms with E-state index in [1.54, 1.807) is 12.1 Å². The normalized spacial score (nSPS) is 10.5. The molecule has 3 N–H and O–H groups in total. The minimum Gasteiger partial charge on any atom is -0.492 e. The maximum absolute atomic E-state index is 11.7. The van der Waals surface area contributed by atoms with Crippen molar-refractivity contribution in [1.29, 1.82) is 5.26 Å². The summed E-state index contributed by atoms with van der Waals surface area (Å²) < 4.78 is 10.1. The third kappa shape index (κ3) is 4.92. The van der Waals surface area contributed by atoms with Crippen LogP contribution in [0.2, 0.25) is 0 Å². The van der Waals surface area contributed by atoms with Crippen LogP contribution in [0.4, 0.5) is 0 Å². The van der Waals surface area contributed by atoms with Gasteiger partial charge in [0.1, 0.15) is 18.1 Å². The summed E-state index contributed by atoms with van der Waals surface area (Å²) in [5, 5.41) is 11.3. The van der Waals surface area contributed by atoms with Crippen LogP contribution >= 0.6 is 0 Å². The maximum Gasteiger partial charge on any atom is 0.354 e. The summed E-state index contributed by atoms with van der Waals surface area (Å²) in [5.41, 5.74) is 6.29. The lowest BCUT2D eigenvalue weighted by Crippen LogP contribution is -2.25. The molecule has 0 saturated heterocycles. The molecule has 1 rings (SSSR count). The fraction of sp³-hybridized carbons (Fsp3) is 0.267. The van der Waals surface area contributed by atoms with E-state index in [4.69, 9.17) is 15.7 Å². The van der Waals surface area contributed by atoms with Gasteiger partial charge in [-0.05, 0) is 24.3 Å². The average molecular weight is 303 g/mol. The summed E-state index contributed by atoms with van der Waals surface area (Å²) in [4.78, 5) is 22.9. The highest BCUT2D eigenvalue weighted by Crippen LogP contribution is 2.23. The highest BCUT2D eigenvalue weighted by Gasteiger charge is 2.13. The Kier molecular flexibility index (Phi) is 6.60. The summed E-state index contributed by atoms with van der Waals surface area (Å²) in [6.45, 7) is 1.83. The molecule has 0 radical (unpaired) electrons. The van der Waals surface area contributed by atoms with Crippen LogP contribution in [-0.4, -0.2) is 32.1 Å². The van der Waals surface area contributed by atoms with Crippen molar-refractivity contribution in [2.24, 2.45) is 5.73 Å². The molecule has 0 unspecified atom stereocenters. The fourth-order valence-electron chi connectivity index (χ4n) is 1.62. The second-order valence-corrected chi connectivity index (χ2v) is 4.23. The Morgan fingerprint density at radius 2 is 2.18 bits per heavy atom. The summed E-state index contributed by atoms with van der Waals surface area (Å²) in [6, 6.07) is 6.71. The number of esters is 1. The van der Waals surface area contributed by atoms with Crippen LogP contribution < -0.4 is 15.8 Å². The van der Waals surface area contributed by atoms with Crippen LogP contribution in [0.25, 0.3) is 6.08 Å². The molecule has 116 valence electrons. The molecule has 7 nitrogen and oxygen atoms in total. The molecule has 0 saturated carbocycles. The topological polar surface area (TPSA) is 114 Å². The number of hydrogen-bond acceptors (Lipinski definition) is 6. The predicted molar refractivity (Wildman–Crippen MR) is 79.5 cm³/mol. The largest absolute Gasteiger partial charge is 0.492 e. The molecule has 0 spiro atoms. The second kappa shape index (κ2) is 8.44. The first-order valence-corrected chi connectivity index (χ1v) is 6.46. The van der Waals surface area contributed by atoms with E-state index in [1.807, 2.05) is 6.07 Å². The number of nitrogens with two attached hydrogens (primary N) is 1. The number of hydrogen-bond donors (Lipinski definition) is 2. The first kappa shape index (κ1) is 17.2. The smallest absolute Gasteiger partial charge is 0.354 e. The van der Waals surface area contributed by atoms with E-state index in [0.717, 1.165) is 0 Å². The molecule has 0 aliphatic heterocycles. The number of nitrogens with one attached hydrogen (secondary N) is 1. The van der Waals surface area contributed by atoms with Crippen molar-refractivity contribution in [3.63, 3.8) is 0 Å². The number of carbonyl (C=O) groups excluding carboxylic acids is 2. The number of benzene rings is 1. The molecule has 0 atom stereocenters. The van der Waals surface area contributed by atoms with Gasteiger partial charge in [0.25, 0.3) is 0 Å². The molecule has 0 aromatic heterocycles. The molecule has 1 aromatic rings. The van der Waals surface area contributed by atoms with Crippen molar-refractivity contribution in [3.05, 3.63) is 35.0 Å². The predicted octanol–water partition coefficient (Wildman–Crippen LogP) is 0.546. The minimum atomic E-state index is -0.690. The van der Waals surface area contributed by atoms with Crippen molar-refractivity contribution in [3.8, 4) is 11.8 Å². The molecular weight excluding hydrogens is 286 g/mol. The van der Waals surface area contributed by atoms with E-state index >= 15 is 0 Å². The van der Waals surface area contributed by atoms with E-state index in [9.17, 15) is 9.59 Å². The van der Waals surface area contributed by atoms with Gasteiger partial charge in [-0.3, -0.25) is 4.79 Å². The zero-order valence-electron chi connectivity index (χ0n) is 12.4. The van der Waals surface area contributed by atoms with Crippen LogP contribution in [0.1, 0.15) is 18.1 Å². The van der Waals surface area contributed by atoms with Gasteiger partial charge in [-0.25, -0.2) is 4.79 Å². The van der Waals surface area contributed by atoms with Crippen LogP contribution in [-0.2, 0) is 14.3 Å². The van der Waals surface area contributed by atoms with Gasteiger partial charge in [0, 0.05) is 19.0 Å². The van der Waals surface area contributed by atoms with Crippen molar-refractivity contribution in [2.75, 3.05) is 20.3 Å². The monoisotopic (exact) mass is 303 g/mol. The van der Waals surface area contributed by atoms with Gasteiger partial charge in [-0.2, -0.15) is 5.26 Å². The molecule has 7 heteroatoms. The van der Waals surface area contributed by atoms with E-state index in [-0.39, 0.29) is 12.3 Å². The van der Waals surface area contributed by atoms with Gasteiger partial charge in [0.2, 0.25) is 5.91 Å². The maximum atomic E-state index is 11.7. The summed E-state index contributed by atoms with van der Waals surface area (Å²) in [7, 11) is 1.21. The summed E-state index contributed by atoms with van der Waals surface area (Å²) in [5.74, 6) is -0.713. The van der Waals surface area contributed by atoms with Crippen LogP contribution in [0, 0.1) is 11.3 Å². The number of amides is 1. The number of nitriles is 1. The Hall–Kier alpha value is -2.85. The molecule has 0 aliphatic rings. The first-order chi connectivity index (χ1) is 10.5. The van der Waals surface area contributed by atoms with Crippen LogP contribution in [0.3, 0.4) is 0 Å². The number of carbonyl (C=O) groups is 2. The molecule has 0 bridgehead atoms. The van der Waals surface area contributed by atoms with E-state index < -0.39 is 11.9 Å². The minimum absolute atomic E-state index is 0.0303. The number of nitrogens with zero attached hydrogens (tertiary/aromatic N) is 1. The summed E-state index contributed by atoms with van der Waals surface area (Å²) >= 11 is 0. The molecule has 0 heterocycles. The van der Waals surface area contributed by atoms with Gasteiger partial charge >= 0.3 is 5.97 Å². The Morgan fingerprint density at radius 1 is 1.45 bits per heavy atom. The number of methoxy groups -OCH3 is 1. The van der Waals surface area contributed by atoms with Gasteiger partial charge in [-0.15, -0.1) is 0 Å². The van der Waals surface area contributed by atoms with Crippen LogP contribution in [0.5, 0.6) is 5.75 Å². The standard InChI is InChI=1S/C15H17N3O4/c1-10(19)18-13(15(20)21-2)8-12-4-3-11(9-17)7-14(12)22-6-5-16/h3-4,7-8H,5-6,16H2,1-2H3,(H,18,19)/b13-8-. The molecule has 1 aromatic carbocycles. The van der Waals surface area contributed by atoms with Gasteiger partial charge in [0.15, 0.2) is 0 Å². The molecular formula is C15H17N3O4. The Morgan fingerprint density at radius 3 is 2.73 bits per heavy atom. The Bertz CT molecular complexity index is 632. The van der Waals surface area contributed by atoms with E-state index in [0.29, 0.717) is 23.4 Å². The van der Waals surface area contributed by atoms with Gasteiger partial charge in [0.05, 0.1) is 18.7 Å². The lowest BCUT2D eigenvalue weighted by atomic mass is 10.1. The number of ether oxygens (including phenoxy) is 2. The second-order valence-electron chi connectivity index (χ2n) is 4.23. The molecule has 0 aliphatic carbocycles. The van der Waals surface area contributed by atoms with Crippen molar-refractivity contribution in [1.82, 2.24) is 5.32 Å². The lowest BCUT2D eigenvalue weighted by molar-refractivity contribution is -0.137. The van der Waals surface area contributed by atoms with Crippen molar-refractivity contribution in [2.45, 2.75) is 6.92 Å². The highest BCUT2D eigenvalue weighted by molar-refractivity contribution is 5.97. The Labute approximate surface area is 128 Å². The zero-order chi connectivity index (χ0) is 16.5. The number of rotatable bonds is 6. The van der Waals surface area contributed by atoms with E-state index in [1.165, 1.54) is 26.2 Å². The molecule has 1 amide bonds. The van der Waals surface area contributed by atoms with Crippen molar-refractivity contribution >= 4 is 18.0 Å². The quantitative estimate of drug-likeness (QED) is 0.585. The van der Waals surface area contributed by atoms with Crippen LogP contribution in [0.15, 0.2) is 23.9 Å². The zero-order valence-corrected chi connectivity index (χ0v) is 12.4. The first-order valence-electron chi connectivity index (χ1n) is 6.46. The highest BCUT2D eigenvalue weighted by atomic mass is 16.5. The van der Waals surface area contributed by atoms with Crippen molar-refractivity contribution < 1.29 is 19.1 Å². The van der Waals surface area contributed by atoms with Gasteiger partial charge in [-0.1, -0.05) is 0 Å². The molecule has 22 heavy (non-hydrogen) atoms. The molecule has 0 fully saturated rings. The SMILES string of the molecule is COC(=O)/C(=C/c1ccc(C#N)cc1OCCN)NC(C)=O. The fourth-order valence-corrected chi connectivity index (χ4v) is 1.62. The van der Waals surface area contributed by atoms with Gasteiger partial charge < -0.3 is 20.5 Å². The summed E-state index contributed by atoms with van der Waals surface area (Å²) in [6.07, 6.45) is 1.42. The average Bonchev–Trinajstić information content (AvgIpc) is 2.51. The van der Waals surface area contributed by atoms with E-state index in [2.05, 4.69) is 10.1 Å². The Balaban J connectivity index is 3.25. The lowest BCUT2D eigenvalue weighted by Gasteiger charge is -2.11.